The van der Waals surface area contributed by atoms with Crippen molar-refractivity contribution in [3.63, 3.8) is 0 Å². The fraction of sp³-hybridized carbons (Fsp3) is 0.714. The van der Waals surface area contributed by atoms with Gasteiger partial charge in [-0.2, -0.15) is 0 Å². The molecule has 1 heterocycles. The number of fused-ring (bicyclic) bond motifs is 2. The van der Waals surface area contributed by atoms with E-state index in [-0.39, 0.29) is 41.3 Å². The Hall–Kier alpha value is -1.49. The number of aromatic nitrogens is 1. The van der Waals surface area contributed by atoms with Crippen molar-refractivity contribution in [2.24, 2.45) is 16.7 Å². The number of sulfonamides is 1. The van der Waals surface area contributed by atoms with Crippen molar-refractivity contribution in [1.29, 1.82) is 0 Å². The van der Waals surface area contributed by atoms with E-state index in [4.69, 9.17) is 0 Å². The maximum absolute atomic E-state index is 13.0. The van der Waals surface area contributed by atoms with E-state index in [0.29, 0.717) is 25.8 Å². The van der Waals surface area contributed by atoms with Gasteiger partial charge < -0.3 is 15.1 Å². The number of hydrogen-bond acceptors (Lipinski definition) is 7. The van der Waals surface area contributed by atoms with Gasteiger partial charge in [0.05, 0.1) is 24.7 Å². The normalized spacial score (nSPS) is 32.6. The summed E-state index contributed by atoms with van der Waals surface area (Å²) in [4.78, 5) is 20.1. The molecule has 8 nitrogen and oxygen atoms in total. The lowest BCUT2D eigenvalue weighted by Gasteiger charge is -2.58. The van der Waals surface area contributed by atoms with Crippen molar-refractivity contribution in [2.45, 2.75) is 51.6 Å². The van der Waals surface area contributed by atoms with Gasteiger partial charge in [-0.25, -0.2) is 13.4 Å². The van der Waals surface area contributed by atoms with Crippen LogP contribution in [-0.4, -0.2) is 67.0 Å². The first-order valence-corrected chi connectivity index (χ1v) is 13.2. The van der Waals surface area contributed by atoms with Crippen LogP contribution < -0.4 is 4.72 Å². The molecule has 0 aliphatic heterocycles. The zero-order valence-electron chi connectivity index (χ0n) is 18.6. The third kappa shape index (κ3) is 4.40. The average molecular weight is 472 g/mol. The van der Waals surface area contributed by atoms with E-state index in [0.717, 1.165) is 16.8 Å². The Morgan fingerprint density at radius 1 is 1.45 bits per heavy atom. The van der Waals surface area contributed by atoms with Gasteiger partial charge in [0.1, 0.15) is 0 Å². The van der Waals surface area contributed by atoms with Crippen molar-refractivity contribution in [3.8, 4) is 0 Å². The zero-order chi connectivity index (χ0) is 23.2. The lowest BCUT2D eigenvalue weighted by molar-refractivity contribution is -0.146. The lowest BCUT2D eigenvalue weighted by Crippen LogP contribution is -2.57. The molecule has 2 aliphatic rings. The van der Waals surface area contributed by atoms with Crippen LogP contribution in [0, 0.1) is 16.7 Å². The van der Waals surface area contributed by atoms with Gasteiger partial charge in [-0.3, -0.25) is 9.52 Å². The van der Waals surface area contributed by atoms with E-state index in [1.807, 2.05) is 6.92 Å². The Morgan fingerprint density at radius 3 is 2.71 bits per heavy atom. The summed E-state index contributed by atoms with van der Waals surface area (Å²) < 4.78 is 26.0. The molecule has 0 unspecified atom stereocenters. The number of aliphatic hydroxyl groups excluding tert-OH is 2. The molecule has 0 aromatic carbocycles. The summed E-state index contributed by atoms with van der Waals surface area (Å²) in [5.74, 6) is -0.360. The summed E-state index contributed by atoms with van der Waals surface area (Å²) in [5, 5.41) is 21.3. The van der Waals surface area contributed by atoms with Crippen molar-refractivity contribution < 1.29 is 23.4 Å². The molecule has 0 radical (unpaired) electrons. The number of carbonyl (C=O) groups is 1. The van der Waals surface area contributed by atoms with Crippen molar-refractivity contribution in [1.82, 2.24) is 9.88 Å². The average Bonchev–Trinajstić information content (AvgIpc) is 3.06. The minimum Gasteiger partial charge on any atom is -0.396 e. The highest BCUT2D eigenvalue weighted by Gasteiger charge is 2.59. The van der Waals surface area contributed by atoms with Crippen LogP contribution in [0.2, 0.25) is 0 Å². The number of carbonyl (C=O) groups excluding carboxylic acids is 1. The van der Waals surface area contributed by atoms with Gasteiger partial charge in [0.25, 0.3) is 0 Å². The highest BCUT2D eigenvalue weighted by atomic mass is 32.2. The Balaban J connectivity index is 2.09. The Kier molecular flexibility index (Phi) is 6.59. The smallest absolute Gasteiger partial charge is 0.231 e. The van der Waals surface area contributed by atoms with Crippen LogP contribution in [-0.2, 0) is 21.2 Å². The molecule has 0 saturated heterocycles. The number of rotatable bonds is 7. The predicted molar refractivity (Wildman–Crippen MR) is 122 cm³/mol. The fourth-order valence-electron chi connectivity index (χ4n) is 5.47. The number of likely N-dealkylation sites (N-methyl/N-ethyl adjacent to an activating group) is 1. The number of nitrogens with zero attached hydrogens (tertiary/aromatic N) is 2. The molecule has 5 atom stereocenters. The largest absolute Gasteiger partial charge is 0.396 e. The predicted octanol–water partition coefficient (Wildman–Crippen LogP) is 1.96. The van der Waals surface area contributed by atoms with Crippen LogP contribution in [0.3, 0.4) is 0 Å². The van der Waals surface area contributed by atoms with Gasteiger partial charge in [0, 0.05) is 36.2 Å². The number of nitrogens with one attached hydrogen (secondary N) is 1. The van der Waals surface area contributed by atoms with Gasteiger partial charge in [-0.05, 0) is 30.6 Å². The molecule has 1 aromatic heterocycles. The molecule has 3 N–H and O–H groups in total. The van der Waals surface area contributed by atoms with Crippen LogP contribution >= 0.6 is 11.3 Å². The summed E-state index contributed by atoms with van der Waals surface area (Å²) in [6.07, 6.45) is 4.15. The second kappa shape index (κ2) is 8.46. The van der Waals surface area contributed by atoms with Crippen LogP contribution in [0.4, 0.5) is 5.13 Å². The topological polar surface area (TPSA) is 120 Å². The molecular formula is C21H33N3O5S2. The van der Waals surface area contributed by atoms with Gasteiger partial charge in [0.2, 0.25) is 15.9 Å². The molecule has 10 heteroatoms. The van der Waals surface area contributed by atoms with Crippen LogP contribution in [0.5, 0.6) is 0 Å². The molecule has 0 bridgehead atoms. The van der Waals surface area contributed by atoms with E-state index >= 15 is 0 Å². The molecule has 31 heavy (non-hydrogen) atoms. The summed E-state index contributed by atoms with van der Waals surface area (Å²) in [5.41, 5.74) is -0.329. The van der Waals surface area contributed by atoms with E-state index < -0.39 is 21.5 Å². The lowest BCUT2D eigenvalue weighted by atomic mass is 9.47. The van der Waals surface area contributed by atoms with Gasteiger partial charge in [-0.15, -0.1) is 17.9 Å². The fourth-order valence-corrected chi connectivity index (χ4v) is 7.38. The zero-order valence-corrected chi connectivity index (χ0v) is 20.2. The van der Waals surface area contributed by atoms with Crippen LogP contribution in [0.15, 0.2) is 12.7 Å². The van der Waals surface area contributed by atoms with Crippen LogP contribution in [0.1, 0.15) is 49.6 Å². The first-order chi connectivity index (χ1) is 14.4. The SMILES string of the molecule is C=CCN(C)C(=O)C[C@@H]1c2nc(NS(C)(=O)=O)sc2C[C@@H]2[C@](C)(CO)[C@H](O)CC[C@]21C. The maximum atomic E-state index is 13.0. The number of hydrogen-bond donors (Lipinski definition) is 3. The molecule has 1 fully saturated rings. The van der Waals surface area contributed by atoms with Crippen molar-refractivity contribution in [3.05, 3.63) is 23.2 Å². The molecule has 1 amide bonds. The first-order valence-electron chi connectivity index (χ1n) is 10.5. The summed E-state index contributed by atoms with van der Waals surface area (Å²) >= 11 is 1.27. The minimum atomic E-state index is -3.48. The van der Waals surface area contributed by atoms with Gasteiger partial charge >= 0.3 is 0 Å². The third-order valence-electron chi connectivity index (χ3n) is 7.37. The Labute approximate surface area is 188 Å². The van der Waals surface area contributed by atoms with Gasteiger partial charge in [0.15, 0.2) is 5.13 Å². The maximum Gasteiger partial charge on any atom is 0.231 e. The van der Waals surface area contributed by atoms with E-state index in [2.05, 4.69) is 23.2 Å². The second-order valence-corrected chi connectivity index (χ2v) is 12.3. The third-order valence-corrected chi connectivity index (χ3v) is 9.08. The van der Waals surface area contributed by atoms with Crippen molar-refractivity contribution in [2.75, 3.05) is 31.2 Å². The van der Waals surface area contributed by atoms with E-state index in [9.17, 15) is 23.4 Å². The molecule has 3 rings (SSSR count). The molecular weight excluding hydrogens is 438 g/mol. The number of amides is 1. The number of thiazole rings is 1. The highest BCUT2D eigenvalue weighted by Crippen LogP contribution is 2.62. The number of anilines is 1. The molecule has 1 saturated carbocycles. The Bertz CT molecular complexity index is 962. The van der Waals surface area contributed by atoms with E-state index in [1.54, 1.807) is 18.0 Å². The summed E-state index contributed by atoms with van der Waals surface area (Å²) in [6.45, 7) is 8.00. The quantitative estimate of drug-likeness (QED) is 0.523. The number of aliphatic hydroxyl groups is 2. The first kappa shape index (κ1) is 24.2. The molecule has 174 valence electrons. The van der Waals surface area contributed by atoms with E-state index in [1.165, 1.54) is 11.3 Å². The molecule has 0 spiro atoms. The molecule has 1 aromatic rings. The minimum absolute atomic E-state index is 0.0415. The highest BCUT2D eigenvalue weighted by molar-refractivity contribution is 7.92. The Morgan fingerprint density at radius 2 is 2.13 bits per heavy atom. The van der Waals surface area contributed by atoms with Crippen LogP contribution in [0.25, 0.3) is 0 Å². The second-order valence-electron chi connectivity index (χ2n) is 9.50. The summed E-state index contributed by atoms with van der Waals surface area (Å²) in [7, 11) is -1.75. The van der Waals surface area contributed by atoms with Crippen molar-refractivity contribution >= 4 is 32.4 Å². The standard InChI is InChI=1S/C21H33N3O5S2/c1-6-9-24(4)17(27)10-13-18-14(30-19(22-18)23-31(5,28)29)11-15-20(13,2)8-7-16(26)21(15,3)12-25/h6,13,15-16,25-26H,1,7-12H2,2-5H3,(H,22,23)/t13-,15+,16-,20+,21+/m1/s1. The molecule has 2 aliphatic carbocycles. The van der Waals surface area contributed by atoms with Gasteiger partial charge in [-0.1, -0.05) is 19.9 Å². The summed E-state index contributed by atoms with van der Waals surface area (Å²) in [6, 6.07) is 0. The monoisotopic (exact) mass is 471 g/mol.